The van der Waals surface area contributed by atoms with Gasteiger partial charge in [-0.25, -0.2) is 9.97 Å². The molecule has 0 bridgehead atoms. The topological polar surface area (TPSA) is 41.1 Å². The summed E-state index contributed by atoms with van der Waals surface area (Å²) in [5, 5.41) is 3.42. The summed E-state index contributed by atoms with van der Waals surface area (Å²) in [4.78, 5) is 11.7. The van der Waals surface area contributed by atoms with Crippen molar-refractivity contribution in [3.05, 3.63) is 17.5 Å². The van der Waals surface area contributed by atoms with E-state index in [-0.39, 0.29) is 0 Å². The predicted octanol–water partition coefficient (Wildman–Crippen LogP) is 3.05. The minimum absolute atomic E-state index is 0.556. The number of nitrogens with one attached hydrogen (secondary N) is 1. The summed E-state index contributed by atoms with van der Waals surface area (Å²) in [6.45, 7) is 9.57. The van der Waals surface area contributed by atoms with Gasteiger partial charge in [0.15, 0.2) is 0 Å². The molecule has 0 amide bonds. The van der Waals surface area contributed by atoms with Gasteiger partial charge in [-0.1, -0.05) is 19.8 Å². The Morgan fingerprint density at radius 1 is 1.35 bits per heavy atom. The van der Waals surface area contributed by atoms with Gasteiger partial charge in [0, 0.05) is 36.6 Å². The number of rotatable bonds is 5. The van der Waals surface area contributed by atoms with Gasteiger partial charge in [0.05, 0.1) is 0 Å². The minimum atomic E-state index is 0.556. The number of hydrogen-bond acceptors (Lipinski definition) is 4. The van der Waals surface area contributed by atoms with Crippen LogP contribution in [0, 0.1) is 6.92 Å². The molecule has 1 saturated heterocycles. The van der Waals surface area contributed by atoms with E-state index in [1.54, 1.807) is 0 Å². The summed E-state index contributed by atoms with van der Waals surface area (Å²) < 4.78 is 0. The van der Waals surface area contributed by atoms with Gasteiger partial charge in [0.25, 0.3) is 0 Å². The first-order chi connectivity index (χ1) is 9.72. The molecule has 0 saturated carbocycles. The number of aromatic nitrogens is 2. The lowest BCUT2D eigenvalue weighted by Gasteiger charge is -2.27. The summed E-state index contributed by atoms with van der Waals surface area (Å²) in [5.41, 5.74) is 2.32. The van der Waals surface area contributed by atoms with Crippen LogP contribution in [0.3, 0.4) is 0 Å². The second-order valence-electron chi connectivity index (χ2n) is 5.85. The second kappa shape index (κ2) is 7.58. The summed E-state index contributed by atoms with van der Waals surface area (Å²) in [6, 6.07) is 0.556. The van der Waals surface area contributed by atoms with Crippen molar-refractivity contribution in [3.63, 3.8) is 0 Å². The van der Waals surface area contributed by atoms with Gasteiger partial charge < -0.3 is 10.2 Å². The molecule has 0 aromatic carbocycles. The monoisotopic (exact) mass is 276 g/mol. The number of nitrogens with zero attached hydrogens (tertiary/aromatic N) is 3. The molecule has 1 aromatic heterocycles. The Bertz CT molecular complexity index is 419. The molecule has 4 heteroatoms. The van der Waals surface area contributed by atoms with E-state index in [1.807, 2.05) is 6.20 Å². The number of anilines is 1. The molecule has 1 N–H and O–H groups in total. The quantitative estimate of drug-likeness (QED) is 0.839. The first kappa shape index (κ1) is 15.2. The van der Waals surface area contributed by atoms with E-state index in [2.05, 4.69) is 36.0 Å². The van der Waals surface area contributed by atoms with Crippen LogP contribution in [0.1, 0.15) is 57.2 Å². The molecule has 0 spiro atoms. The van der Waals surface area contributed by atoms with Crippen molar-refractivity contribution in [1.82, 2.24) is 15.3 Å². The van der Waals surface area contributed by atoms with Crippen LogP contribution < -0.4 is 10.2 Å². The fraction of sp³-hybridized carbons (Fsp3) is 0.750. The molecule has 20 heavy (non-hydrogen) atoms. The zero-order valence-corrected chi connectivity index (χ0v) is 13.2. The average Bonchev–Trinajstić information content (AvgIpc) is 2.65. The third-order valence-corrected chi connectivity index (χ3v) is 4.12. The van der Waals surface area contributed by atoms with E-state index in [1.165, 1.54) is 31.2 Å². The van der Waals surface area contributed by atoms with Crippen LogP contribution in [0.4, 0.5) is 5.95 Å². The lowest BCUT2D eigenvalue weighted by atomic mass is 10.1. The highest BCUT2D eigenvalue weighted by Gasteiger charge is 2.19. The molecular formula is C16H28N4. The molecule has 4 nitrogen and oxygen atoms in total. The Kier molecular flexibility index (Phi) is 5.77. The van der Waals surface area contributed by atoms with Crippen LogP contribution in [-0.4, -0.2) is 29.1 Å². The number of hydrogen-bond donors (Lipinski definition) is 1. The van der Waals surface area contributed by atoms with Crippen molar-refractivity contribution in [2.45, 2.75) is 65.5 Å². The van der Waals surface area contributed by atoms with Crippen molar-refractivity contribution in [2.24, 2.45) is 0 Å². The van der Waals surface area contributed by atoms with Gasteiger partial charge in [-0.3, -0.25) is 0 Å². The van der Waals surface area contributed by atoms with E-state index in [0.717, 1.165) is 37.7 Å². The number of aryl methyl sites for hydroxylation is 1. The Labute approximate surface area is 123 Å². The van der Waals surface area contributed by atoms with Crippen molar-refractivity contribution in [3.8, 4) is 0 Å². The molecule has 2 heterocycles. The molecule has 1 fully saturated rings. The highest BCUT2D eigenvalue weighted by molar-refractivity contribution is 5.34. The maximum Gasteiger partial charge on any atom is 0.225 e. The minimum Gasteiger partial charge on any atom is -0.338 e. The van der Waals surface area contributed by atoms with Gasteiger partial charge in [-0.2, -0.15) is 0 Å². The van der Waals surface area contributed by atoms with Crippen molar-refractivity contribution >= 4 is 5.95 Å². The highest BCUT2D eigenvalue weighted by atomic mass is 15.3. The molecule has 0 radical (unpaired) electrons. The average molecular weight is 276 g/mol. The van der Waals surface area contributed by atoms with Gasteiger partial charge >= 0.3 is 0 Å². The van der Waals surface area contributed by atoms with Crippen LogP contribution in [-0.2, 0) is 6.54 Å². The van der Waals surface area contributed by atoms with Gasteiger partial charge in [-0.05, 0) is 39.7 Å². The van der Waals surface area contributed by atoms with Crippen LogP contribution in [0.15, 0.2) is 6.20 Å². The fourth-order valence-corrected chi connectivity index (χ4v) is 2.76. The van der Waals surface area contributed by atoms with Gasteiger partial charge in [0.1, 0.15) is 0 Å². The van der Waals surface area contributed by atoms with Crippen LogP contribution >= 0.6 is 0 Å². The highest BCUT2D eigenvalue weighted by Crippen LogP contribution is 2.21. The van der Waals surface area contributed by atoms with E-state index < -0.39 is 0 Å². The Hall–Kier alpha value is -1.16. The molecule has 1 unspecified atom stereocenters. The molecule has 112 valence electrons. The van der Waals surface area contributed by atoms with Crippen molar-refractivity contribution in [2.75, 3.05) is 18.0 Å². The zero-order chi connectivity index (χ0) is 14.4. The predicted molar refractivity (Wildman–Crippen MR) is 84.0 cm³/mol. The summed E-state index contributed by atoms with van der Waals surface area (Å²) in [5.74, 6) is 0.913. The van der Waals surface area contributed by atoms with Crippen LogP contribution in [0.5, 0.6) is 0 Å². The Morgan fingerprint density at radius 2 is 2.20 bits per heavy atom. The molecule has 0 aliphatic carbocycles. The van der Waals surface area contributed by atoms with Crippen molar-refractivity contribution < 1.29 is 0 Å². The summed E-state index contributed by atoms with van der Waals surface area (Å²) >= 11 is 0. The third kappa shape index (κ3) is 3.92. The standard InChI is InChI=1S/C16H28N4/c1-4-9-17-11-15-12-18-16(19-14(15)3)20-10-7-5-6-8-13(20)2/h12-13,17H,4-11H2,1-3H3. The van der Waals surface area contributed by atoms with Gasteiger partial charge in [0.2, 0.25) is 5.95 Å². The maximum absolute atomic E-state index is 4.74. The van der Waals surface area contributed by atoms with Gasteiger partial charge in [-0.15, -0.1) is 0 Å². The zero-order valence-electron chi connectivity index (χ0n) is 13.2. The normalized spacial score (nSPS) is 19.9. The third-order valence-electron chi connectivity index (χ3n) is 4.12. The molecule has 1 aliphatic rings. The summed E-state index contributed by atoms with van der Waals surface area (Å²) in [7, 11) is 0. The largest absolute Gasteiger partial charge is 0.338 e. The van der Waals surface area contributed by atoms with E-state index in [0.29, 0.717) is 6.04 Å². The van der Waals surface area contributed by atoms with E-state index >= 15 is 0 Å². The lowest BCUT2D eigenvalue weighted by molar-refractivity contribution is 0.602. The first-order valence-electron chi connectivity index (χ1n) is 8.02. The molecule has 2 rings (SSSR count). The first-order valence-corrected chi connectivity index (χ1v) is 8.02. The lowest BCUT2D eigenvalue weighted by Crippen LogP contribution is -2.34. The van der Waals surface area contributed by atoms with E-state index in [4.69, 9.17) is 4.98 Å². The van der Waals surface area contributed by atoms with Crippen molar-refractivity contribution in [1.29, 1.82) is 0 Å². The molecule has 1 aromatic rings. The molecule has 1 atom stereocenters. The summed E-state index contributed by atoms with van der Waals surface area (Å²) in [6.07, 6.45) is 8.32. The smallest absolute Gasteiger partial charge is 0.225 e. The molecule has 1 aliphatic heterocycles. The fourth-order valence-electron chi connectivity index (χ4n) is 2.76. The maximum atomic E-state index is 4.74. The van der Waals surface area contributed by atoms with Crippen LogP contribution in [0.25, 0.3) is 0 Å². The van der Waals surface area contributed by atoms with E-state index in [9.17, 15) is 0 Å². The van der Waals surface area contributed by atoms with Crippen LogP contribution in [0.2, 0.25) is 0 Å². The second-order valence-corrected chi connectivity index (χ2v) is 5.85. The Balaban J connectivity index is 2.07. The Morgan fingerprint density at radius 3 is 2.95 bits per heavy atom. The SMILES string of the molecule is CCCNCc1cnc(N2CCCCCC2C)nc1C. The molecular weight excluding hydrogens is 248 g/mol.